The molecule has 1 aromatic carbocycles. The molecule has 1 amide bonds. The third-order valence-electron chi connectivity index (χ3n) is 2.14. The quantitative estimate of drug-likeness (QED) is 0.817. The Morgan fingerprint density at radius 1 is 1.38 bits per heavy atom. The molecule has 0 atom stereocenters. The predicted octanol–water partition coefficient (Wildman–Crippen LogP) is 2.11. The zero-order chi connectivity index (χ0) is 12.1. The van der Waals surface area contributed by atoms with Crippen molar-refractivity contribution in [1.29, 1.82) is 0 Å². The van der Waals surface area contributed by atoms with E-state index in [9.17, 15) is 4.79 Å². The largest absolute Gasteiger partial charge is 0.322 e. The Balaban J connectivity index is 2.74. The zero-order valence-corrected chi connectivity index (χ0v) is 10.8. The number of carbonyl (C=O) groups is 1. The Labute approximate surface area is 101 Å². The summed E-state index contributed by atoms with van der Waals surface area (Å²) in [5.74, 6) is -0.0794. The van der Waals surface area contributed by atoms with Gasteiger partial charge in [0.2, 0.25) is 5.91 Å². The van der Waals surface area contributed by atoms with Crippen LogP contribution in [0.5, 0.6) is 0 Å². The smallest absolute Gasteiger partial charge is 0.240 e. The highest BCUT2D eigenvalue weighted by Crippen LogP contribution is 2.25. The molecule has 1 aromatic rings. The van der Waals surface area contributed by atoms with Gasteiger partial charge in [0, 0.05) is 22.9 Å². The fraction of sp³-hybridized carbons (Fsp3) is 0.417. The van der Waals surface area contributed by atoms with Crippen LogP contribution in [0.1, 0.15) is 13.8 Å². The molecule has 0 unspecified atom stereocenters. The van der Waals surface area contributed by atoms with Gasteiger partial charge in [0.1, 0.15) is 0 Å². The molecule has 0 spiro atoms. The highest BCUT2D eigenvalue weighted by atomic mass is 32.2. The predicted molar refractivity (Wildman–Crippen MR) is 69.9 cm³/mol. The Morgan fingerprint density at radius 2 is 1.94 bits per heavy atom. The van der Waals surface area contributed by atoms with Gasteiger partial charge in [0.05, 0.1) is 6.54 Å². The van der Waals surface area contributed by atoms with Gasteiger partial charge in [-0.3, -0.25) is 4.79 Å². The number of benzene rings is 1. The maximum absolute atomic E-state index is 11.4. The van der Waals surface area contributed by atoms with Crippen molar-refractivity contribution in [3.05, 3.63) is 24.3 Å². The van der Waals surface area contributed by atoms with Crippen molar-refractivity contribution >= 4 is 23.4 Å². The van der Waals surface area contributed by atoms with E-state index in [1.165, 1.54) is 4.90 Å². The first-order valence-corrected chi connectivity index (χ1v) is 6.16. The SMILES string of the molecule is CC(C)Sc1ccc(N(C)C(=O)CN)cc1. The molecule has 0 heterocycles. The number of thioether (sulfide) groups is 1. The van der Waals surface area contributed by atoms with Crippen molar-refractivity contribution in [2.45, 2.75) is 24.0 Å². The Morgan fingerprint density at radius 3 is 2.38 bits per heavy atom. The maximum Gasteiger partial charge on any atom is 0.240 e. The first-order valence-electron chi connectivity index (χ1n) is 5.28. The minimum absolute atomic E-state index is 0.0407. The van der Waals surface area contributed by atoms with Gasteiger partial charge in [-0.05, 0) is 24.3 Å². The van der Waals surface area contributed by atoms with Crippen molar-refractivity contribution in [2.24, 2.45) is 5.73 Å². The molecule has 0 saturated carbocycles. The van der Waals surface area contributed by atoms with E-state index < -0.39 is 0 Å². The van der Waals surface area contributed by atoms with Gasteiger partial charge >= 0.3 is 0 Å². The Kier molecular flexibility index (Phi) is 4.83. The topological polar surface area (TPSA) is 46.3 Å². The molecule has 3 nitrogen and oxygen atoms in total. The van der Waals surface area contributed by atoms with Gasteiger partial charge in [-0.1, -0.05) is 13.8 Å². The van der Waals surface area contributed by atoms with Gasteiger partial charge in [-0.2, -0.15) is 0 Å². The fourth-order valence-corrected chi connectivity index (χ4v) is 2.14. The number of nitrogens with zero attached hydrogens (tertiary/aromatic N) is 1. The molecule has 0 aliphatic carbocycles. The van der Waals surface area contributed by atoms with E-state index in [2.05, 4.69) is 13.8 Å². The first kappa shape index (κ1) is 13.1. The fourth-order valence-electron chi connectivity index (χ4n) is 1.30. The van der Waals surface area contributed by atoms with Crippen molar-refractivity contribution in [2.75, 3.05) is 18.5 Å². The second-order valence-electron chi connectivity index (χ2n) is 3.82. The summed E-state index contributed by atoms with van der Waals surface area (Å²) in [6.45, 7) is 4.35. The molecule has 0 aromatic heterocycles. The van der Waals surface area contributed by atoms with Gasteiger partial charge in [-0.25, -0.2) is 0 Å². The van der Waals surface area contributed by atoms with Gasteiger partial charge < -0.3 is 10.6 Å². The minimum Gasteiger partial charge on any atom is -0.322 e. The van der Waals surface area contributed by atoms with E-state index in [0.29, 0.717) is 5.25 Å². The number of hydrogen-bond donors (Lipinski definition) is 1. The number of likely N-dealkylation sites (N-methyl/N-ethyl adjacent to an activating group) is 1. The molecule has 0 fully saturated rings. The Bertz CT molecular complexity index is 349. The van der Waals surface area contributed by atoms with E-state index >= 15 is 0 Å². The molecular formula is C12H18N2OS. The monoisotopic (exact) mass is 238 g/mol. The molecule has 16 heavy (non-hydrogen) atoms. The summed E-state index contributed by atoms with van der Waals surface area (Å²) < 4.78 is 0. The van der Waals surface area contributed by atoms with Crippen LogP contribution in [0.15, 0.2) is 29.2 Å². The average molecular weight is 238 g/mol. The average Bonchev–Trinajstić information content (AvgIpc) is 2.27. The maximum atomic E-state index is 11.4. The summed E-state index contributed by atoms with van der Waals surface area (Å²) in [5.41, 5.74) is 6.19. The van der Waals surface area contributed by atoms with Crippen molar-refractivity contribution < 1.29 is 4.79 Å². The highest BCUT2D eigenvalue weighted by molar-refractivity contribution is 7.99. The molecule has 2 N–H and O–H groups in total. The Hall–Kier alpha value is -1.00. The summed E-state index contributed by atoms with van der Waals surface area (Å²) in [6.07, 6.45) is 0. The second kappa shape index (κ2) is 5.92. The van der Waals surface area contributed by atoms with Crippen LogP contribution in [0.4, 0.5) is 5.69 Å². The number of rotatable bonds is 4. The van der Waals surface area contributed by atoms with Crippen LogP contribution in [0.3, 0.4) is 0 Å². The van der Waals surface area contributed by atoms with E-state index in [-0.39, 0.29) is 12.5 Å². The van der Waals surface area contributed by atoms with Crippen LogP contribution in [0.2, 0.25) is 0 Å². The lowest BCUT2D eigenvalue weighted by molar-refractivity contribution is -0.117. The summed E-state index contributed by atoms with van der Waals surface area (Å²) >= 11 is 1.80. The van der Waals surface area contributed by atoms with Crippen LogP contribution in [0, 0.1) is 0 Å². The normalized spacial score (nSPS) is 10.6. The third-order valence-corrected chi connectivity index (χ3v) is 3.16. The summed E-state index contributed by atoms with van der Waals surface area (Å²) in [4.78, 5) is 14.2. The van der Waals surface area contributed by atoms with Crippen molar-refractivity contribution in [3.63, 3.8) is 0 Å². The third kappa shape index (κ3) is 3.54. The number of amides is 1. The lowest BCUT2D eigenvalue weighted by Crippen LogP contribution is -2.32. The van der Waals surface area contributed by atoms with Crippen LogP contribution in [-0.2, 0) is 4.79 Å². The standard InChI is InChI=1S/C12H18N2OS/c1-9(2)16-11-6-4-10(5-7-11)14(3)12(15)8-13/h4-7,9H,8,13H2,1-3H3. The van der Waals surface area contributed by atoms with Gasteiger partial charge in [0.25, 0.3) is 0 Å². The van der Waals surface area contributed by atoms with E-state index in [1.807, 2.05) is 24.3 Å². The van der Waals surface area contributed by atoms with Crippen molar-refractivity contribution in [1.82, 2.24) is 0 Å². The molecule has 0 bridgehead atoms. The summed E-state index contributed by atoms with van der Waals surface area (Å²) in [5, 5.41) is 0.564. The molecule has 88 valence electrons. The van der Waals surface area contributed by atoms with Gasteiger partial charge in [0.15, 0.2) is 0 Å². The number of anilines is 1. The van der Waals surface area contributed by atoms with E-state index in [1.54, 1.807) is 23.7 Å². The molecule has 4 heteroatoms. The lowest BCUT2D eigenvalue weighted by Gasteiger charge is -2.16. The number of carbonyl (C=O) groups excluding carboxylic acids is 1. The zero-order valence-electron chi connectivity index (χ0n) is 9.93. The highest BCUT2D eigenvalue weighted by Gasteiger charge is 2.08. The number of hydrogen-bond acceptors (Lipinski definition) is 3. The molecule has 0 aliphatic heterocycles. The van der Waals surface area contributed by atoms with Crippen LogP contribution >= 0.6 is 11.8 Å². The van der Waals surface area contributed by atoms with Crippen LogP contribution < -0.4 is 10.6 Å². The van der Waals surface area contributed by atoms with Crippen LogP contribution in [-0.4, -0.2) is 24.7 Å². The van der Waals surface area contributed by atoms with Gasteiger partial charge in [-0.15, -0.1) is 11.8 Å². The second-order valence-corrected chi connectivity index (χ2v) is 5.47. The summed E-state index contributed by atoms with van der Waals surface area (Å²) in [6, 6.07) is 7.94. The molecule has 1 rings (SSSR count). The molecular weight excluding hydrogens is 220 g/mol. The van der Waals surface area contributed by atoms with Crippen molar-refractivity contribution in [3.8, 4) is 0 Å². The van der Waals surface area contributed by atoms with Crippen LogP contribution in [0.25, 0.3) is 0 Å². The molecule has 0 aliphatic rings. The van der Waals surface area contributed by atoms with E-state index in [0.717, 1.165) is 5.69 Å². The molecule has 0 radical (unpaired) electrons. The summed E-state index contributed by atoms with van der Waals surface area (Å²) in [7, 11) is 1.74. The van der Waals surface area contributed by atoms with E-state index in [4.69, 9.17) is 5.73 Å². The lowest BCUT2D eigenvalue weighted by atomic mass is 10.3. The number of nitrogens with two attached hydrogens (primary N) is 1. The minimum atomic E-state index is -0.0794. The molecule has 0 saturated heterocycles. The first-order chi connectivity index (χ1) is 7.54.